The minimum absolute atomic E-state index is 0.0513. The molecule has 1 aliphatic rings. The van der Waals surface area contributed by atoms with Gasteiger partial charge in [0.05, 0.1) is 5.75 Å². The molecule has 0 unspecified atom stereocenters. The van der Waals surface area contributed by atoms with Gasteiger partial charge in [0.25, 0.3) is 5.91 Å². The van der Waals surface area contributed by atoms with Gasteiger partial charge in [-0.15, -0.1) is 11.8 Å². The number of benzene rings is 3. The van der Waals surface area contributed by atoms with E-state index in [0.717, 1.165) is 11.1 Å². The molecule has 0 aromatic heterocycles. The SMILES string of the molecule is O=C(NCCSCc1ccccc1F)c1ccc([C@H]2SCC(=O)N2Cc2ccccc2)cc1. The number of nitrogens with one attached hydrogen (secondary N) is 1. The second-order valence-corrected chi connectivity index (χ2v) is 9.87. The third-order valence-electron chi connectivity index (χ3n) is 5.37. The second-order valence-electron chi connectivity index (χ2n) is 7.69. The highest BCUT2D eigenvalue weighted by Crippen LogP contribution is 2.39. The number of amides is 2. The van der Waals surface area contributed by atoms with E-state index in [9.17, 15) is 14.0 Å². The van der Waals surface area contributed by atoms with Crippen LogP contribution in [0.4, 0.5) is 4.39 Å². The molecule has 7 heteroatoms. The normalized spacial score (nSPS) is 15.6. The number of nitrogens with zero attached hydrogens (tertiary/aromatic N) is 1. The minimum Gasteiger partial charge on any atom is -0.351 e. The summed E-state index contributed by atoms with van der Waals surface area (Å²) in [7, 11) is 0. The average molecular weight is 481 g/mol. The molecule has 3 aromatic rings. The van der Waals surface area contributed by atoms with Gasteiger partial charge in [0.15, 0.2) is 0 Å². The lowest BCUT2D eigenvalue weighted by molar-refractivity contribution is -0.128. The largest absolute Gasteiger partial charge is 0.351 e. The van der Waals surface area contributed by atoms with Crippen molar-refractivity contribution < 1.29 is 14.0 Å². The number of thioether (sulfide) groups is 2. The lowest BCUT2D eigenvalue weighted by Crippen LogP contribution is -2.28. The predicted octanol–water partition coefficient (Wildman–Crippen LogP) is 5.26. The Hall–Kier alpha value is -2.77. The van der Waals surface area contributed by atoms with Crippen molar-refractivity contribution in [3.8, 4) is 0 Å². The Bertz CT molecular complexity index is 1090. The van der Waals surface area contributed by atoms with Crippen LogP contribution >= 0.6 is 23.5 Å². The first kappa shape index (κ1) is 23.4. The van der Waals surface area contributed by atoms with Gasteiger partial charge >= 0.3 is 0 Å². The standard InChI is InChI=1S/C26H25FN2O2S2/c27-23-9-5-4-8-22(23)17-32-15-14-28-25(31)20-10-12-21(13-11-20)26-29(24(30)18-33-26)16-19-6-2-1-3-7-19/h1-13,26H,14-18H2,(H,28,31)/t26-/m1/s1. The molecule has 4 nitrogen and oxygen atoms in total. The number of hydrogen-bond donors (Lipinski definition) is 1. The van der Waals surface area contributed by atoms with Gasteiger partial charge in [-0.3, -0.25) is 9.59 Å². The monoisotopic (exact) mass is 480 g/mol. The highest BCUT2D eigenvalue weighted by molar-refractivity contribution is 8.00. The van der Waals surface area contributed by atoms with Crippen LogP contribution in [0.3, 0.4) is 0 Å². The van der Waals surface area contributed by atoms with Crippen LogP contribution in [0.1, 0.15) is 32.4 Å². The molecule has 0 bridgehead atoms. The molecule has 1 aliphatic heterocycles. The Kier molecular flexibility index (Phi) is 8.07. The molecule has 0 saturated carbocycles. The summed E-state index contributed by atoms with van der Waals surface area (Å²) in [6.07, 6.45) is 0. The summed E-state index contributed by atoms with van der Waals surface area (Å²) in [5.74, 6) is 1.54. The maximum atomic E-state index is 13.6. The van der Waals surface area contributed by atoms with Gasteiger partial charge in [0, 0.05) is 30.2 Å². The molecular weight excluding hydrogens is 455 g/mol. The smallest absolute Gasteiger partial charge is 0.251 e. The number of carbonyl (C=O) groups excluding carboxylic acids is 2. The maximum Gasteiger partial charge on any atom is 0.251 e. The molecule has 1 atom stereocenters. The first-order chi connectivity index (χ1) is 16.1. The van der Waals surface area contributed by atoms with E-state index in [2.05, 4.69) is 5.32 Å². The van der Waals surface area contributed by atoms with E-state index in [4.69, 9.17) is 0 Å². The number of rotatable bonds is 9. The molecule has 4 rings (SSSR count). The zero-order valence-electron chi connectivity index (χ0n) is 18.1. The Balaban J connectivity index is 1.28. The van der Waals surface area contributed by atoms with Crippen molar-refractivity contribution >= 4 is 35.3 Å². The van der Waals surface area contributed by atoms with Crippen LogP contribution in [0.15, 0.2) is 78.9 Å². The van der Waals surface area contributed by atoms with Gasteiger partial charge in [0.2, 0.25) is 5.91 Å². The van der Waals surface area contributed by atoms with Gasteiger partial charge in [0.1, 0.15) is 11.2 Å². The van der Waals surface area contributed by atoms with Crippen LogP contribution in [0.25, 0.3) is 0 Å². The summed E-state index contributed by atoms with van der Waals surface area (Å²) in [6, 6.07) is 24.2. The Morgan fingerprint density at radius 3 is 2.52 bits per heavy atom. The van der Waals surface area contributed by atoms with Crippen molar-refractivity contribution in [2.45, 2.75) is 17.7 Å². The molecule has 1 heterocycles. The van der Waals surface area contributed by atoms with Crippen molar-refractivity contribution in [2.24, 2.45) is 0 Å². The quantitative estimate of drug-likeness (QED) is 0.424. The summed E-state index contributed by atoms with van der Waals surface area (Å²) in [5.41, 5.74) is 3.37. The third-order valence-corrected chi connectivity index (χ3v) is 7.63. The average Bonchev–Trinajstić information content (AvgIpc) is 3.20. The molecule has 0 radical (unpaired) electrons. The number of carbonyl (C=O) groups is 2. The van der Waals surface area contributed by atoms with E-state index in [1.54, 1.807) is 47.8 Å². The van der Waals surface area contributed by atoms with E-state index >= 15 is 0 Å². The summed E-state index contributed by atoms with van der Waals surface area (Å²) < 4.78 is 13.6. The molecule has 1 fully saturated rings. The van der Waals surface area contributed by atoms with Crippen molar-refractivity contribution in [1.82, 2.24) is 10.2 Å². The first-order valence-electron chi connectivity index (χ1n) is 10.8. The zero-order chi connectivity index (χ0) is 23.0. The predicted molar refractivity (Wildman–Crippen MR) is 134 cm³/mol. The van der Waals surface area contributed by atoms with Crippen molar-refractivity contribution in [2.75, 3.05) is 18.1 Å². The lowest BCUT2D eigenvalue weighted by Gasteiger charge is -2.24. The van der Waals surface area contributed by atoms with E-state index in [0.29, 0.717) is 41.5 Å². The highest BCUT2D eigenvalue weighted by atomic mass is 32.2. The van der Waals surface area contributed by atoms with Crippen LogP contribution < -0.4 is 5.32 Å². The van der Waals surface area contributed by atoms with Gasteiger partial charge in [-0.2, -0.15) is 11.8 Å². The van der Waals surface area contributed by atoms with Gasteiger partial charge in [-0.1, -0.05) is 60.7 Å². The van der Waals surface area contributed by atoms with Crippen LogP contribution in [-0.2, 0) is 17.1 Å². The molecular formula is C26H25FN2O2S2. The van der Waals surface area contributed by atoms with E-state index in [1.165, 1.54) is 6.07 Å². The third kappa shape index (κ3) is 6.18. The minimum atomic E-state index is -0.196. The van der Waals surface area contributed by atoms with Gasteiger partial charge < -0.3 is 10.2 Å². The molecule has 170 valence electrons. The van der Waals surface area contributed by atoms with Crippen LogP contribution in [-0.4, -0.2) is 34.8 Å². The van der Waals surface area contributed by atoms with Crippen molar-refractivity contribution in [1.29, 1.82) is 0 Å². The Morgan fingerprint density at radius 2 is 1.76 bits per heavy atom. The molecule has 0 aliphatic carbocycles. The Morgan fingerprint density at radius 1 is 1.03 bits per heavy atom. The lowest BCUT2D eigenvalue weighted by atomic mass is 10.1. The fourth-order valence-electron chi connectivity index (χ4n) is 3.62. The zero-order valence-corrected chi connectivity index (χ0v) is 19.7. The molecule has 3 aromatic carbocycles. The topological polar surface area (TPSA) is 49.4 Å². The van der Waals surface area contributed by atoms with Crippen molar-refractivity contribution in [3.63, 3.8) is 0 Å². The van der Waals surface area contributed by atoms with Gasteiger partial charge in [-0.25, -0.2) is 4.39 Å². The summed E-state index contributed by atoms with van der Waals surface area (Å²) in [5, 5.41) is 2.86. The van der Waals surface area contributed by atoms with Crippen molar-refractivity contribution in [3.05, 3.63) is 107 Å². The summed E-state index contributed by atoms with van der Waals surface area (Å²) >= 11 is 3.19. The van der Waals surface area contributed by atoms with Gasteiger partial charge in [-0.05, 0) is 34.9 Å². The van der Waals surface area contributed by atoms with E-state index in [-0.39, 0.29) is 23.0 Å². The number of halogens is 1. The summed E-state index contributed by atoms with van der Waals surface area (Å²) in [4.78, 5) is 26.8. The summed E-state index contributed by atoms with van der Waals surface area (Å²) in [6.45, 7) is 1.08. The molecule has 33 heavy (non-hydrogen) atoms. The molecule has 2 amide bonds. The number of hydrogen-bond acceptors (Lipinski definition) is 4. The first-order valence-corrected chi connectivity index (χ1v) is 13.0. The fraction of sp³-hybridized carbons (Fsp3) is 0.231. The fourth-order valence-corrected chi connectivity index (χ4v) is 5.65. The van der Waals surface area contributed by atoms with Crippen LogP contribution in [0.5, 0.6) is 0 Å². The van der Waals surface area contributed by atoms with E-state index in [1.807, 2.05) is 53.4 Å². The second kappa shape index (κ2) is 11.4. The molecule has 0 spiro atoms. The van der Waals surface area contributed by atoms with Crippen LogP contribution in [0.2, 0.25) is 0 Å². The Labute approximate surface area is 202 Å². The molecule has 1 saturated heterocycles. The maximum absolute atomic E-state index is 13.6. The highest BCUT2D eigenvalue weighted by Gasteiger charge is 2.32. The van der Waals surface area contributed by atoms with Crippen LogP contribution in [0, 0.1) is 5.82 Å². The molecule has 1 N–H and O–H groups in total. The van der Waals surface area contributed by atoms with E-state index < -0.39 is 0 Å².